The van der Waals surface area contributed by atoms with E-state index < -0.39 is 5.91 Å². The Morgan fingerprint density at radius 2 is 1.66 bits per heavy atom. The van der Waals surface area contributed by atoms with E-state index in [0.29, 0.717) is 33.0 Å². The molecule has 0 spiro atoms. The second-order valence-corrected chi connectivity index (χ2v) is 10.3. The van der Waals surface area contributed by atoms with E-state index in [2.05, 4.69) is 64.0 Å². The molecule has 1 amide bonds. The molecule has 8 nitrogen and oxygen atoms in total. The number of ether oxygens (including phenoxy) is 2. The molecule has 1 N–H and O–H groups in total. The second kappa shape index (κ2) is 11.5. The van der Waals surface area contributed by atoms with E-state index in [0.717, 1.165) is 11.3 Å². The first-order chi connectivity index (χ1) is 18.5. The van der Waals surface area contributed by atoms with Crippen LogP contribution in [0.2, 0.25) is 0 Å². The van der Waals surface area contributed by atoms with Crippen molar-refractivity contribution < 1.29 is 18.8 Å². The maximum absolute atomic E-state index is 12.7. The molecule has 3 aromatic carbocycles. The molecule has 5 aromatic rings. The van der Waals surface area contributed by atoms with E-state index in [4.69, 9.17) is 14.0 Å². The van der Waals surface area contributed by atoms with Crippen molar-refractivity contribution in [1.82, 2.24) is 15.4 Å². The number of thioether (sulfide) groups is 1. The molecule has 2 aromatic heterocycles. The highest BCUT2D eigenvalue weighted by Crippen LogP contribution is 2.33. The van der Waals surface area contributed by atoms with Crippen LogP contribution < -0.4 is 14.8 Å². The number of amides is 1. The van der Waals surface area contributed by atoms with E-state index in [1.807, 2.05) is 12.1 Å². The lowest BCUT2D eigenvalue weighted by Crippen LogP contribution is -2.11. The van der Waals surface area contributed by atoms with Crippen LogP contribution in [-0.4, -0.2) is 35.5 Å². The highest BCUT2D eigenvalue weighted by atomic mass is 32.2. The molecule has 0 unspecified atom stereocenters. The zero-order valence-electron chi connectivity index (χ0n) is 20.9. The highest BCUT2D eigenvalue weighted by molar-refractivity contribution is 7.98. The zero-order chi connectivity index (χ0) is 26.5. The van der Waals surface area contributed by atoms with Gasteiger partial charge < -0.3 is 14.0 Å². The third kappa shape index (κ3) is 5.87. The number of carbonyl (C=O) groups is 1. The van der Waals surface area contributed by atoms with Crippen molar-refractivity contribution >= 4 is 34.1 Å². The standard InChI is InChI=1S/C28H24N4O4S2/c1-17-4-11-21(12-5-17)37-16-18-6-8-19(9-7-18)27-30-31-28(38-27)29-26(33)22-15-24(36-32-22)20-10-13-23(34-2)25(14-20)35-3/h4-15H,16H2,1-3H3,(H,29,31,33). The number of aryl methyl sites for hydroxylation is 1. The third-order valence-electron chi connectivity index (χ3n) is 5.68. The van der Waals surface area contributed by atoms with Gasteiger partial charge in [-0.15, -0.1) is 22.0 Å². The van der Waals surface area contributed by atoms with Crippen LogP contribution in [0.1, 0.15) is 21.6 Å². The first kappa shape index (κ1) is 25.5. The van der Waals surface area contributed by atoms with Crippen molar-refractivity contribution in [2.75, 3.05) is 19.5 Å². The van der Waals surface area contributed by atoms with E-state index in [1.165, 1.54) is 27.4 Å². The van der Waals surface area contributed by atoms with Gasteiger partial charge in [-0.2, -0.15) is 0 Å². The topological polar surface area (TPSA) is 99.4 Å². The number of benzene rings is 3. The number of carbonyl (C=O) groups excluding carboxylic acids is 1. The molecule has 2 heterocycles. The molecule has 0 saturated carbocycles. The van der Waals surface area contributed by atoms with Crippen LogP contribution in [-0.2, 0) is 5.75 Å². The van der Waals surface area contributed by atoms with E-state index in [1.54, 1.807) is 50.2 Å². The van der Waals surface area contributed by atoms with E-state index in [9.17, 15) is 4.79 Å². The van der Waals surface area contributed by atoms with Crippen LogP contribution >= 0.6 is 23.1 Å². The summed E-state index contributed by atoms with van der Waals surface area (Å²) in [7, 11) is 3.12. The van der Waals surface area contributed by atoms with Gasteiger partial charge in [-0.25, -0.2) is 0 Å². The van der Waals surface area contributed by atoms with Gasteiger partial charge in [0, 0.05) is 27.8 Å². The summed E-state index contributed by atoms with van der Waals surface area (Å²) in [5.41, 5.74) is 4.24. The summed E-state index contributed by atoms with van der Waals surface area (Å²) in [6.07, 6.45) is 0. The monoisotopic (exact) mass is 544 g/mol. The van der Waals surface area contributed by atoms with Gasteiger partial charge in [-0.05, 0) is 42.8 Å². The summed E-state index contributed by atoms with van der Waals surface area (Å²) in [4.78, 5) is 14.0. The second-order valence-electron chi connectivity index (χ2n) is 8.31. The normalized spacial score (nSPS) is 10.8. The summed E-state index contributed by atoms with van der Waals surface area (Å²) in [6, 6.07) is 23.6. The summed E-state index contributed by atoms with van der Waals surface area (Å²) in [5.74, 6) is 2.01. The Morgan fingerprint density at radius 3 is 2.39 bits per heavy atom. The van der Waals surface area contributed by atoms with Crippen molar-refractivity contribution in [3.05, 3.63) is 89.6 Å². The van der Waals surface area contributed by atoms with Gasteiger partial charge in [0.2, 0.25) is 5.13 Å². The van der Waals surface area contributed by atoms with Gasteiger partial charge in [0.15, 0.2) is 23.0 Å². The fourth-order valence-corrected chi connectivity index (χ4v) is 5.20. The average molecular weight is 545 g/mol. The molecule has 0 atom stereocenters. The average Bonchev–Trinajstić information content (AvgIpc) is 3.63. The Balaban J connectivity index is 1.21. The molecule has 0 saturated heterocycles. The summed E-state index contributed by atoms with van der Waals surface area (Å²) >= 11 is 3.09. The Hall–Kier alpha value is -4.15. The number of anilines is 1. The molecular weight excluding hydrogens is 520 g/mol. The molecular formula is C28H24N4O4S2. The van der Waals surface area contributed by atoms with Crippen LogP contribution in [0.15, 0.2) is 82.2 Å². The Kier molecular flexibility index (Phi) is 7.71. The van der Waals surface area contributed by atoms with Crippen molar-refractivity contribution in [1.29, 1.82) is 0 Å². The van der Waals surface area contributed by atoms with Crippen molar-refractivity contribution in [3.63, 3.8) is 0 Å². The first-order valence-corrected chi connectivity index (χ1v) is 13.5. The molecule has 192 valence electrons. The molecule has 0 aliphatic carbocycles. The summed E-state index contributed by atoms with van der Waals surface area (Å²) in [6.45, 7) is 2.09. The number of nitrogens with zero attached hydrogens (tertiary/aromatic N) is 3. The third-order valence-corrected chi connectivity index (χ3v) is 7.65. The van der Waals surface area contributed by atoms with Crippen LogP contribution in [0.5, 0.6) is 11.5 Å². The number of hydrogen-bond acceptors (Lipinski definition) is 9. The molecule has 5 rings (SSSR count). The predicted octanol–water partition coefficient (Wildman–Crippen LogP) is 6.73. The number of nitrogens with one attached hydrogen (secondary N) is 1. The first-order valence-electron chi connectivity index (χ1n) is 11.6. The molecule has 0 bridgehead atoms. The maximum Gasteiger partial charge on any atom is 0.279 e. The highest BCUT2D eigenvalue weighted by Gasteiger charge is 2.17. The van der Waals surface area contributed by atoms with Crippen molar-refractivity contribution in [2.24, 2.45) is 0 Å². The number of hydrogen-bond donors (Lipinski definition) is 1. The van der Waals surface area contributed by atoms with E-state index in [-0.39, 0.29) is 5.69 Å². The quantitative estimate of drug-likeness (QED) is 0.204. The van der Waals surface area contributed by atoms with Gasteiger partial charge in [-0.3, -0.25) is 10.1 Å². The number of rotatable bonds is 9. The Labute approximate surface area is 228 Å². The SMILES string of the molecule is COc1ccc(-c2cc(C(=O)Nc3nnc(-c4ccc(CSc5ccc(C)cc5)cc4)s3)no2)cc1OC. The van der Waals surface area contributed by atoms with Crippen molar-refractivity contribution in [3.8, 4) is 33.4 Å². The minimum Gasteiger partial charge on any atom is -0.493 e. The molecule has 0 radical (unpaired) electrons. The number of methoxy groups -OCH3 is 2. The molecule has 0 fully saturated rings. The Bertz CT molecular complexity index is 1550. The van der Waals surface area contributed by atoms with Crippen molar-refractivity contribution in [2.45, 2.75) is 17.6 Å². The van der Waals surface area contributed by atoms with Crippen LogP contribution in [0, 0.1) is 6.92 Å². The largest absolute Gasteiger partial charge is 0.493 e. The fraction of sp³-hybridized carbons (Fsp3) is 0.143. The molecule has 10 heteroatoms. The lowest BCUT2D eigenvalue weighted by atomic mass is 10.1. The van der Waals surface area contributed by atoms with Crippen LogP contribution in [0.3, 0.4) is 0 Å². The van der Waals surface area contributed by atoms with Gasteiger partial charge in [0.25, 0.3) is 5.91 Å². The summed E-state index contributed by atoms with van der Waals surface area (Å²) < 4.78 is 16.0. The predicted molar refractivity (Wildman–Crippen MR) is 149 cm³/mol. The molecule has 0 aliphatic heterocycles. The Morgan fingerprint density at radius 1 is 0.921 bits per heavy atom. The number of aromatic nitrogens is 3. The van der Waals surface area contributed by atoms with Gasteiger partial charge in [0.05, 0.1) is 14.2 Å². The van der Waals surface area contributed by atoms with Gasteiger partial charge in [0.1, 0.15) is 5.01 Å². The summed E-state index contributed by atoms with van der Waals surface area (Å²) in [5, 5.41) is 16.1. The maximum atomic E-state index is 12.7. The van der Waals surface area contributed by atoms with Crippen LogP contribution in [0.4, 0.5) is 5.13 Å². The minimum atomic E-state index is -0.438. The van der Waals surface area contributed by atoms with Crippen LogP contribution in [0.25, 0.3) is 21.9 Å². The zero-order valence-corrected chi connectivity index (χ0v) is 22.6. The minimum absolute atomic E-state index is 0.127. The molecule has 0 aliphatic rings. The van der Waals surface area contributed by atoms with E-state index >= 15 is 0 Å². The van der Waals surface area contributed by atoms with Gasteiger partial charge >= 0.3 is 0 Å². The lowest BCUT2D eigenvalue weighted by Gasteiger charge is -2.07. The smallest absolute Gasteiger partial charge is 0.279 e. The lowest BCUT2D eigenvalue weighted by molar-refractivity contribution is 0.101. The molecule has 38 heavy (non-hydrogen) atoms. The van der Waals surface area contributed by atoms with Gasteiger partial charge in [-0.1, -0.05) is 58.5 Å². The fourth-order valence-electron chi connectivity index (χ4n) is 3.60.